The summed E-state index contributed by atoms with van der Waals surface area (Å²) in [6.07, 6.45) is -0.869. The minimum atomic E-state index is -0.727. The van der Waals surface area contributed by atoms with E-state index in [0.29, 0.717) is 4.58 Å². The lowest BCUT2D eigenvalue weighted by atomic mass is 10.5. The molecule has 10 heavy (non-hydrogen) atoms. The maximum atomic E-state index is 10.5. The van der Waals surface area contributed by atoms with Gasteiger partial charge in [-0.2, -0.15) is 0 Å². The molecule has 0 rings (SSSR count). The van der Waals surface area contributed by atoms with E-state index in [1.165, 1.54) is 7.11 Å². The number of hydrogen-bond donors (Lipinski definition) is 0. The molecular formula is C5H10ClNO3. The van der Waals surface area contributed by atoms with Crippen LogP contribution in [0.2, 0.25) is 0 Å². The zero-order chi connectivity index (χ0) is 8.15. The first-order chi connectivity index (χ1) is 4.57. The molecule has 0 N–H and O–H groups in total. The molecule has 0 saturated heterocycles. The third-order valence-electron chi connectivity index (χ3n) is 0.622. The van der Waals surface area contributed by atoms with Crippen molar-refractivity contribution in [2.24, 2.45) is 0 Å². The van der Waals surface area contributed by atoms with Gasteiger partial charge in [-0.1, -0.05) is 4.58 Å². The summed E-state index contributed by atoms with van der Waals surface area (Å²) in [5.41, 5.74) is 0. The number of ether oxygens (including phenoxy) is 1. The molecule has 0 aliphatic rings. The predicted molar refractivity (Wildman–Crippen MR) is 36.3 cm³/mol. The van der Waals surface area contributed by atoms with Crippen molar-refractivity contribution in [2.45, 2.75) is 20.0 Å². The van der Waals surface area contributed by atoms with Gasteiger partial charge in [-0.05, 0) is 13.8 Å². The van der Waals surface area contributed by atoms with Gasteiger partial charge in [0.1, 0.15) is 0 Å². The highest BCUT2D eigenvalue weighted by atomic mass is 35.5. The third kappa shape index (κ3) is 3.53. The van der Waals surface area contributed by atoms with E-state index >= 15 is 0 Å². The van der Waals surface area contributed by atoms with Crippen LogP contribution in [0.5, 0.6) is 0 Å². The molecule has 0 atom stereocenters. The fourth-order valence-electron chi connectivity index (χ4n) is 0.300. The van der Waals surface area contributed by atoms with E-state index in [4.69, 9.17) is 16.6 Å². The summed E-state index contributed by atoms with van der Waals surface area (Å²) in [6, 6.07) is 0. The molecule has 0 unspecified atom stereocenters. The van der Waals surface area contributed by atoms with Gasteiger partial charge in [-0.15, -0.1) is 0 Å². The molecule has 0 saturated carbocycles. The van der Waals surface area contributed by atoms with Gasteiger partial charge in [0.25, 0.3) is 0 Å². The van der Waals surface area contributed by atoms with E-state index in [0.717, 1.165) is 0 Å². The van der Waals surface area contributed by atoms with Crippen LogP contribution in [0.1, 0.15) is 13.8 Å². The molecule has 0 radical (unpaired) electrons. The van der Waals surface area contributed by atoms with Crippen LogP contribution >= 0.6 is 11.8 Å². The van der Waals surface area contributed by atoms with E-state index < -0.39 is 6.09 Å². The van der Waals surface area contributed by atoms with Crippen LogP contribution in [0, 0.1) is 0 Å². The molecule has 0 spiro atoms. The SMILES string of the molecule is COC(=O)N(Cl)OC(C)C. The van der Waals surface area contributed by atoms with Crippen LogP contribution in [0.15, 0.2) is 0 Å². The molecule has 1 amide bonds. The van der Waals surface area contributed by atoms with Crippen LogP contribution < -0.4 is 0 Å². The number of nitrogens with zero attached hydrogens (tertiary/aromatic N) is 1. The average molecular weight is 168 g/mol. The van der Waals surface area contributed by atoms with Crippen LogP contribution in [0.25, 0.3) is 0 Å². The monoisotopic (exact) mass is 167 g/mol. The first kappa shape index (κ1) is 9.52. The highest BCUT2D eigenvalue weighted by Gasteiger charge is 2.12. The lowest BCUT2D eigenvalue weighted by Gasteiger charge is -2.13. The van der Waals surface area contributed by atoms with Crippen molar-refractivity contribution in [3.63, 3.8) is 0 Å². The van der Waals surface area contributed by atoms with Crippen molar-refractivity contribution in [3.8, 4) is 0 Å². The smallest absolute Gasteiger partial charge is 0.449 e. The zero-order valence-electron chi connectivity index (χ0n) is 6.13. The van der Waals surface area contributed by atoms with Crippen molar-refractivity contribution in [1.29, 1.82) is 0 Å². The van der Waals surface area contributed by atoms with Gasteiger partial charge in [0.05, 0.1) is 13.2 Å². The molecule has 0 aliphatic carbocycles. The third-order valence-corrected chi connectivity index (χ3v) is 0.839. The number of carbonyl (C=O) groups is 1. The van der Waals surface area contributed by atoms with Crippen molar-refractivity contribution in [3.05, 3.63) is 0 Å². The molecule has 5 heteroatoms. The highest BCUT2D eigenvalue weighted by Crippen LogP contribution is 2.02. The minimum absolute atomic E-state index is 0.142. The summed E-state index contributed by atoms with van der Waals surface area (Å²) in [6.45, 7) is 3.50. The second-order valence-corrected chi connectivity index (χ2v) is 2.18. The zero-order valence-corrected chi connectivity index (χ0v) is 6.88. The second kappa shape index (κ2) is 4.35. The summed E-state index contributed by atoms with van der Waals surface area (Å²) in [4.78, 5) is 15.2. The highest BCUT2D eigenvalue weighted by molar-refractivity contribution is 6.19. The summed E-state index contributed by atoms with van der Waals surface area (Å²) in [7, 11) is 1.22. The molecule has 0 aromatic heterocycles. The summed E-state index contributed by atoms with van der Waals surface area (Å²) >= 11 is 5.26. The molecule has 0 aliphatic heterocycles. The van der Waals surface area contributed by atoms with Gasteiger partial charge in [0.15, 0.2) is 0 Å². The molecule has 0 bridgehead atoms. The lowest BCUT2D eigenvalue weighted by Crippen LogP contribution is -2.24. The molecule has 0 aromatic carbocycles. The standard InChI is InChI=1S/C5H10ClNO3/c1-4(2)10-7(6)5(8)9-3/h4H,1-3H3. The Labute approximate surface area is 64.7 Å². The van der Waals surface area contributed by atoms with E-state index in [-0.39, 0.29) is 6.10 Å². The van der Waals surface area contributed by atoms with Gasteiger partial charge < -0.3 is 4.74 Å². The van der Waals surface area contributed by atoms with Crippen LogP contribution in [0.3, 0.4) is 0 Å². The van der Waals surface area contributed by atoms with E-state index in [1.54, 1.807) is 13.8 Å². The Hall–Kier alpha value is -0.480. The number of carbonyl (C=O) groups excluding carboxylic acids is 1. The fourth-order valence-corrected chi connectivity index (χ4v) is 0.528. The Morgan fingerprint density at radius 2 is 2.10 bits per heavy atom. The Kier molecular flexibility index (Phi) is 4.14. The molecule has 0 heterocycles. The topological polar surface area (TPSA) is 38.8 Å². The van der Waals surface area contributed by atoms with Crippen molar-refractivity contribution < 1.29 is 14.4 Å². The Morgan fingerprint density at radius 3 is 2.40 bits per heavy atom. The Balaban J connectivity index is 3.61. The fraction of sp³-hybridized carbons (Fsp3) is 0.800. The summed E-state index contributed by atoms with van der Waals surface area (Å²) < 4.78 is 4.78. The quantitative estimate of drug-likeness (QED) is 0.463. The number of halogens is 1. The van der Waals surface area contributed by atoms with Gasteiger partial charge >= 0.3 is 6.09 Å². The van der Waals surface area contributed by atoms with Crippen molar-refractivity contribution in [2.75, 3.05) is 7.11 Å². The predicted octanol–water partition coefficient (Wildman–Crippen LogP) is 1.55. The van der Waals surface area contributed by atoms with E-state index in [9.17, 15) is 4.79 Å². The van der Waals surface area contributed by atoms with Crippen LogP contribution in [-0.2, 0) is 9.57 Å². The number of hydrogen-bond acceptors (Lipinski definition) is 3. The minimum Gasteiger partial charge on any atom is -0.450 e. The summed E-state index contributed by atoms with van der Waals surface area (Å²) in [5.74, 6) is 0. The maximum absolute atomic E-state index is 10.5. The second-order valence-electron chi connectivity index (χ2n) is 1.87. The Morgan fingerprint density at radius 1 is 1.60 bits per heavy atom. The number of hydroxylamine groups is 1. The summed E-state index contributed by atoms with van der Waals surface area (Å²) in [5, 5.41) is 0. The van der Waals surface area contributed by atoms with Crippen LogP contribution in [-0.4, -0.2) is 23.9 Å². The van der Waals surface area contributed by atoms with Crippen molar-refractivity contribution in [1.82, 2.24) is 4.58 Å². The molecule has 4 nitrogen and oxygen atoms in total. The van der Waals surface area contributed by atoms with Gasteiger partial charge in [-0.25, -0.2) is 9.63 Å². The molecule has 0 fully saturated rings. The van der Waals surface area contributed by atoms with E-state index in [1.807, 2.05) is 0 Å². The Bertz CT molecular complexity index is 117. The number of rotatable bonds is 2. The largest absolute Gasteiger partial charge is 0.450 e. The normalized spacial score (nSPS) is 9.70. The number of amides is 1. The first-order valence-corrected chi connectivity index (χ1v) is 3.12. The van der Waals surface area contributed by atoms with Gasteiger partial charge in [0, 0.05) is 11.8 Å². The molecular weight excluding hydrogens is 158 g/mol. The number of methoxy groups -OCH3 is 1. The molecule has 0 aromatic rings. The van der Waals surface area contributed by atoms with E-state index in [2.05, 4.69) is 4.74 Å². The van der Waals surface area contributed by atoms with Gasteiger partial charge in [0.2, 0.25) is 0 Å². The average Bonchev–Trinajstić information content (AvgIpc) is 1.85. The maximum Gasteiger partial charge on any atom is 0.449 e. The van der Waals surface area contributed by atoms with Crippen LogP contribution in [0.4, 0.5) is 4.79 Å². The van der Waals surface area contributed by atoms with Gasteiger partial charge in [-0.3, -0.25) is 0 Å². The first-order valence-electron chi connectivity index (χ1n) is 2.78. The molecule has 60 valence electrons. The lowest BCUT2D eigenvalue weighted by molar-refractivity contribution is -0.100. The van der Waals surface area contributed by atoms with Crippen molar-refractivity contribution >= 4 is 17.9 Å².